The van der Waals surface area contributed by atoms with Crippen LogP contribution in [0.4, 0.5) is 8.78 Å². The Morgan fingerprint density at radius 3 is 1.77 bits per heavy atom. The van der Waals surface area contributed by atoms with E-state index in [-0.39, 0.29) is 17.8 Å². The average Bonchev–Trinajstić information content (AvgIpc) is 2.72. The van der Waals surface area contributed by atoms with Crippen LogP contribution in [0.1, 0.15) is 91.0 Å². The minimum atomic E-state index is -0.810. The maximum Gasteiger partial charge on any atom is 0.126 e. The SMILES string of the molecule is CCCCCCCCC(c1ccc(-c2cc(F)cc(F)c2)cc1)C(O)(C(C)C)C(C)C. The molecule has 1 unspecified atom stereocenters. The maximum absolute atomic E-state index is 13.6. The summed E-state index contributed by atoms with van der Waals surface area (Å²) in [7, 11) is 0. The molecule has 0 bridgehead atoms. The van der Waals surface area contributed by atoms with Gasteiger partial charge in [-0.2, -0.15) is 0 Å². The first-order valence-electron chi connectivity index (χ1n) is 12.0. The molecule has 0 fully saturated rings. The molecule has 0 saturated carbocycles. The molecule has 3 heteroatoms. The Morgan fingerprint density at radius 1 is 0.742 bits per heavy atom. The average molecular weight is 431 g/mol. The lowest BCUT2D eigenvalue weighted by Gasteiger charge is -2.43. The Labute approximate surface area is 187 Å². The highest BCUT2D eigenvalue weighted by Gasteiger charge is 2.42. The molecule has 0 aliphatic rings. The van der Waals surface area contributed by atoms with Crippen LogP contribution in [-0.2, 0) is 0 Å². The molecule has 2 aromatic carbocycles. The van der Waals surface area contributed by atoms with E-state index in [1.165, 1.54) is 44.2 Å². The molecule has 1 N–H and O–H groups in total. The van der Waals surface area contributed by atoms with Crippen molar-refractivity contribution in [2.24, 2.45) is 11.8 Å². The highest BCUT2D eigenvalue weighted by molar-refractivity contribution is 5.64. The van der Waals surface area contributed by atoms with Gasteiger partial charge in [0.1, 0.15) is 11.6 Å². The predicted octanol–water partition coefficient (Wildman–Crippen LogP) is 8.51. The van der Waals surface area contributed by atoms with Crippen molar-refractivity contribution in [1.29, 1.82) is 0 Å². The Hall–Kier alpha value is -1.74. The Balaban J connectivity index is 2.27. The second-order valence-electron chi connectivity index (χ2n) is 9.59. The first kappa shape index (κ1) is 25.5. The zero-order valence-electron chi connectivity index (χ0n) is 19.9. The van der Waals surface area contributed by atoms with Gasteiger partial charge in [0.15, 0.2) is 0 Å². The van der Waals surface area contributed by atoms with Crippen molar-refractivity contribution in [2.45, 2.75) is 91.1 Å². The maximum atomic E-state index is 13.6. The largest absolute Gasteiger partial charge is 0.389 e. The van der Waals surface area contributed by atoms with Crippen molar-refractivity contribution in [3.8, 4) is 11.1 Å². The lowest BCUT2D eigenvalue weighted by atomic mass is 9.67. The summed E-state index contributed by atoms with van der Waals surface area (Å²) in [6.45, 7) is 10.6. The number of unbranched alkanes of at least 4 members (excludes halogenated alkanes) is 5. The summed E-state index contributed by atoms with van der Waals surface area (Å²) in [5, 5.41) is 11.8. The van der Waals surface area contributed by atoms with Gasteiger partial charge in [0, 0.05) is 12.0 Å². The highest BCUT2D eigenvalue weighted by Crippen LogP contribution is 2.43. The van der Waals surface area contributed by atoms with Crippen LogP contribution in [0.2, 0.25) is 0 Å². The molecule has 2 rings (SSSR count). The summed E-state index contributed by atoms with van der Waals surface area (Å²) in [6, 6.07) is 11.5. The molecule has 0 aliphatic carbocycles. The number of hydrogen-bond donors (Lipinski definition) is 1. The molecular formula is C28H40F2O. The fourth-order valence-corrected chi connectivity index (χ4v) is 4.89. The van der Waals surface area contributed by atoms with E-state index in [0.717, 1.165) is 30.0 Å². The Morgan fingerprint density at radius 2 is 1.26 bits per heavy atom. The van der Waals surface area contributed by atoms with Crippen LogP contribution in [0, 0.1) is 23.5 Å². The van der Waals surface area contributed by atoms with Gasteiger partial charge >= 0.3 is 0 Å². The molecule has 1 atom stereocenters. The fourth-order valence-electron chi connectivity index (χ4n) is 4.89. The minimum Gasteiger partial charge on any atom is -0.389 e. The topological polar surface area (TPSA) is 20.2 Å². The molecule has 0 radical (unpaired) electrons. The van der Waals surface area contributed by atoms with Crippen molar-refractivity contribution < 1.29 is 13.9 Å². The Bertz CT molecular complexity index is 767. The first-order chi connectivity index (χ1) is 14.7. The zero-order valence-corrected chi connectivity index (χ0v) is 19.9. The van der Waals surface area contributed by atoms with Crippen molar-refractivity contribution in [3.63, 3.8) is 0 Å². The standard InChI is InChI=1S/C28H40F2O/c1-6-7-8-9-10-11-12-27(28(31,20(2)3)21(4)5)23-15-13-22(14-16-23)24-17-25(29)19-26(30)18-24/h13-21,27,31H,6-12H2,1-5H3. The van der Waals surface area contributed by atoms with Crippen molar-refractivity contribution in [3.05, 3.63) is 59.7 Å². The van der Waals surface area contributed by atoms with E-state index in [1.54, 1.807) is 0 Å². The second-order valence-corrected chi connectivity index (χ2v) is 9.59. The lowest BCUT2D eigenvalue weighted by Crippen LogP contribution is -2.46. The molecule has 0 heterocycles. The van der Waals surface area contributed by atoms with E-state index in [2.05, 4.69) is 34.6 Å². The number of hydrogen-bond acceptors (Lipinski definition) is 1. The molecule has 172 valence electrons. The first-order valence-corrected chi connectivity index (χ1v) is 12.0. The molecular weight excluding hydrogens is 390 g/mol. The minimum absolute atomic E-state index is 0.0250. The summed E-state index contributed by atoms with van der Waals surface area (Å²) < 4.78 is 27.3. The quantitative estimate of drug-likeness (QED) is 0.335. The van der Waals surface area contributed by atoms with Crippen molar-refractivity contribution in [2.75, 3.05) is 0 Å². The van der Waals surface area contributed by atoms with Crippen LogP contribution < -0.4 is 0 Å². The zero-order chi connectivity index (χ0) is 23.0. The van der Waals surface area contributed by atoms with Gasteiger partial charge < -0.3 is 5.11 Å². The number of rotatable bonds is 12. The van der Waals surface area contributed by atoms with Crippen LogP contribution >= 0.6 is 0 Å². The molecule has 0 amide bonds. The van der Waals surface area contributed by atoms with E-state index in [1.807, 2.05) is 24.3 Å². The summed E-state index contributed by atoms with van der Waals surface area (Å²) in [5.41, 5.74) is 1.59. The molecule has 0 aliphatic heterocycles. The number of benzene rings is 2. The van der Waals surface area contributed by atoms with E-state index >= 15 is 0 Å². The van der Waals surface area contributed by atoms with E-state index < -0.39 is 17.2 Å². The van der Waals surface area contributed by atoms with Gasteiger partial charge in [0.05, 0.1) is 5.60 Å². The van der Waals surface area contributed by atoms with Gasteiger partial charge in [-0.3, -0.25) is 0 Å². The molecule has 2 aromatic rings. The summed E-state index contributed by atoms with van der Waals surface area (Å²) in [6.07, 6.45) is 8.26. The smallest absolute Gasteiger partial charge is 0.126 e. The van der Waals surface area contributed by atoms with Crippen LogP contribution in [0.25, 0.3) is 11.1 Å². The van der Waals surface area contributed by atoms with E-state index in [4.69, 9.17) is 0 Å². The molecule has 31 heavy (non-hydrogen) atoms. The molecule has 0 saturated heterocycles. The van der Waals surface area contributed by atoms with Crippen LogP contribution in [0.15, 0.2) is 42.5 Å². The molecule has 0 spiro atoms. The Kier molecular flexibility index (Phi) is 9.68. The summed E-state index contributed by atoms with van der Waals surface area (Å²) >= 11 is 0. The van der Waals surface area contributed by atoms with Crippen molar-refractivity contribution >= 4 is 0 Å². The van der Waals surface area contributed by atoms with Crippen molar-refractivity contribution in [1.82, 2.24) is 0 Å². The van der Waals surface area contributed by atoms with Crippen LogP contribution in [0.3, 0.4) is 0 Å². The van der Waals surface area contributed by atoms with E-state index in [9.17, 15) is 13.9 Å². The highest BCUT2D eigenvalue weighted by atomic mass is 19.1. The second kappa shape index (κ2) is 11.8. The molecule has 0 aromatic heterocycles. The summed E-state index contributed by atoms with van der Waals surface area (Å²) in [5.74, 6) is -0.885. The van der Waals surface area contributed by atoms with Crippen LogP contribution in [0.5, 0.6) is 0 Å². The fraction of sp³-hybridized carbons (Fsp3) is 0.571. The normalized spacial score (nSPS) is 13.2. The van der Waals surface area contributed by atoms with Gasteiger partial charge in [0.25, 0.3) is 0 Å². The third-order valence-electron chi connectivity index (χ3n) is 6.76. The lowest BCUT2D eigenvalue weighted by molar-refractivity contribution is -0.0730. The van der Waals surface area contributed by atoms with Gasteiger partial charge in [-0.1, -0.05) is 97.4 Å². The van der Waals surface area contributed by atoms with E-state index in [0.29, 0.717) is 5.56 Å². The number of halogens is 2. The predicted molar refractivity (Wildman–Crippen MR) is 127 cm³/mol. The molecule has 1 nitrogen and oxygen atoms in total. The van der Waals surface area contributed by atoms with Gasteiger partial charge in [-0.25, -0.2) is 8.78 Å². The van der Waals surface area contributed by atoms with Gasteiger partial charge in [-0.15, -0.1) is 0 Å². The third kappa shape index (κ3) is 6.62. The van der Waals surface area contributed by atoms with Gasteiger partial charge in [0.2, 0.25) is 0 Å². The number of aliphatic hydroxyl groups is 1. The monoisotopic (exact) mass is 430 g/mol. The van der Waals surface area contributed by atoms with Crippen LogP contribution in [-0.4, -0.2) is 10.7 Å². The third-order valence-corrected chi connectivity index (χ3v) is 6.76. The summed E-state index contributed by atoms with van der Waals surface area (Å²) in [4.78, 5) is 0. The van der Waals surface area contributed by atoms with Gasteiger partial charge in [-0.05, 0) is 47.1 Å².